The summed E-state index contributed by atoms with van der Waals surface area (Å²) in [5, 5.41) is 19.4. The van der Waals surface area contributed by atoms with E-state index in [0.717, 1.165) is 16.8 Å². The Bertz CT molecular complexity index is 1240. The van der Waals surface area contributed by atoms with E-state index in [0.29, 0.717) is 24.3 Å². The first-order valence-corrected chi connectivity index (χ1v) is 12.0. The lowest BCUT2D eigenvalue weighted by Crippen LogP contribution is -2.53. The predicted molar refractivity (Wildman–Crippen MR) is 130 cm³/mol. The van der Waals surface area contributed by atoms with Crippen LogP contribution < -0.4 is 0 Å². The second kappa shape index (κ2) is 8.72. The Labute approximate surface area is 208 Å². The third-order valence-electron chi connectivity index (χ3n) is 7.64. The van der Waals surface area contributed by atoms with Gasteiger partial charge in [0.1, 0.15) is 17.3 Å². The number of methoxy groups -OCH3 is 1. The number of carbonyl (C=O) groups is 2. The van der Waals surface area contributed by atoms with E-state index in [9.17, 15) is 19.8 Å². The van der Waals surface area contributed by atoms with Gasteiger partial charge in [0.25, 0.3) is 5.91 Å². The average Bonchev–Trinajstić information content (AvgIpc) is 3.28. The third kappa shape index (κ3) is 3.71. The number of nitrogens with one attached hydrogen (secondary N) is 1. The first-order valence-electron chi connectivity index (χ1n) is 12.0. The Kier molecular flexibility index (Phi) is 5.93. The highest BCUT2D eigenvalue weighted by atomic mass is 19.2. The zero-order valence-electron chi connectivity index (χ0n) is 20.6. The normalized spacial score (nSPS) is 27.0. The number of alkyl halides is 1. The number of urea groups is 1. The minimum atomic E-state index is -1.96. The van der Waals surface area contributed by atoms with E-state index in [1.807, 2.05) is 11.9 Å². The number of amides is 3. The van der Waals surface area contributed by atoms with E-state index in [2.05, 4.69) is 4.98 Å². The predicted octanol–water partition coefficient (Wildman–Crippen LogP) is 2.19. The van der Waals surface area contributed by atoms with E-state index in [-0.39, 0.29) is 37.6 Å². The van der Waals surface area contributed by atoms with Gasteiger partial charge in [-0.25, -0.2) is 9.18 Å². The minimum absolute atomic E-state index is 0.0121. The van der Waals surface area contributed by atoms with Gasteiger partial charge in [-0.1, -0.05) is 12.1 Å². The van der Waals surface area contributed by atoms with Gasteiger partial charge in [0.15, 0.2) is 0 Å². The molecule has 1 aliphatic carbocycles. The molecule has 2 aliphatic heterocycles. The van der Waals surface area contributed by atoms with Crippen molar-refractivity contribution >= 4 is 18.0 Å². The fourth-order valence-corrected chi connectivity index (χ4v) is 5.66. The Morgan fingerprint density at radius 1 is 1.25 bits per heavy atom. The molecule has 10 heteroatoms. The Morgan fingerprint density at radius 3 is 2.72 bits per heavy atom. The van der Waals surface area contributed by atoms with E-state index in [4.69, 9.17) is 4.74 Å². The minimum Gasteiger partial charge on any atom is -0.508 e. The molecule has 0 saturated carbocycles. The number of hydrogen-bond donors (Lipinski definition) is 3. The molecule has 9 nitrogen and oxygen atoms in total. The molecule has 1 aromatic heterocycles. The number of aromatic hydroxyl groups is 1. The monoisotopic (exact) mass is 498 g/mol. The standard InChI is InChI=1S/C26H31FN4O5/c1-25-14-19-18-15-26(27,36-3)8-7-20(18)28-21(19)22(16-5-4-6-17(33)13-16)31(25)24(35)30(23(25)34)10-9-29(2)11-12-32/h4-8,13,22,28,32-33H,9-12,14-15H2,1-3H3/t22-,25+,26?/m1/s1. The Balaban J connectivity index is 1.61. The maximum absolute atomic E-state index is 15.2. The number of rotatable bonds is 7. The number of halogens is 1. The van der Waals surface area contributed by atoms with Crippen molar-refractivity contribution in [1.82, 2.24) is 19.7 Å². The van der Waals surface area contributed by atoms with Crippen molar-refractivity contribution in [1.29, 1.82) is 0 Å². The number of aromatic nitrogens is 1. The summed E-state index contributed by atoms with van der Waals surface area (Å²) < 4.78 is 20.3. The number of phenols is 1. The summed E-state index contributed by atoms with van der Waals surface area (Å²) in [6, 6.07) is 5.53. The van der Waals surface area contributed by atoms with Gasteiger partial charge in [0.05, 0.1) is 6.61 Å². The van der Waals surface area contributed by atoms with Gasteiger partial charge in [-0.3, -0.25) is 14.6 Å². The number of aromatic amines is 1. The summed E-state index contributed by atoms with van der Waals surface area (Å²) in [6.45, 7) is 2.76. The molecule has 1 saturated heterocycles. The molecule has 0 bridgehead atoms. The quantitative estimate of drug-likeness (QED) is 0.505. The van der Waals surface area contributed by atoms with Crippen LogP contribution in [0.2, 0.25) is 0 Å². The molecule has 3 heterocycles. The molecule has 3 N–H and O–H groups in total. The molecule has 192 valence electrons. The highest BCUT2D eigenvalue weighted by Gasteiger charge is 2.60. The van der Waals surface area contributed by atoms with Crippen LogP contribution in [0.15, 0.2) is 30.3 Å². The number of ether oxygens (including phenoxy) is 1. The van der Waals surface area contributed by atoms with E-state index in [1.165, 1.54) is 18.1 Å². The maximum atomic E-state index is 15.2. The highest BCUT2D eigenvalue weighted by Crippen LogP contribution is 2.49. The van der Waals surface area contributed by atoms with Gasteiger partial charge < -0.3 is 24.8 Å². The summed E-state index contributed by atoms with van der Waals surface area (Å²) in [5.74, 6) is -2.24. The zero-order chi connectivity index (χ0) is 25.8. The van der Waals surface area contributed by atoms with Crippen molar-refractivity contribution < 1.29 is 28.9 Å². The number of likely N-dealkylation sites (N-methyl/N-ethyl adjacent to an activating group) is 1. The largest absolute Gasteiger partial charge is 0.508 e. The molecule has 2 aromatic rings. The van der Waals surface area contributed by atoms with Crippen LogP contribution >= 0.6 is 0 Å². The van der Waals surface area contributed by atoms with Crippen molar-refractivity contribution in [2.24, 2.45) is 0 Å². The molecule has 0 spiro atoms. The number of fused-ring (bicyclic) bond motifs is 4. The summed E-state index contributed by atoms with van der Waals surface area (Å²) in [6.07, 6.45) is 3.22. The fraction of sp³-hybridized carbons (Fsp3) is 0.462. The molecule has 5 rings (SSSR count). The number of imide groups is 1. The summed E-state index contributed by atoms with van der Waals surface area (Å²) >= 11 is 0. The SMILES string of the molecule is COC1(F)C=Cc2[nH]c3c(c2C1)C[C@@]1(C)C(=O)N(CCN(C)CCO)C(=O)N1[C@@H]3c1cccc(O)c1. The molecule has 1 aromatic carbocycles. The second-order valence-electron chi connectivity index (χ2n) is 9.99. The summed E-state index contributed by atoms with van der Waals surface area (Å²) in [4.78, 5) is 35.7. The van der Waals surface area contributed by atoms with Crippen LogP contribution in [0.1, 0.15) is 41.0 Å². The fourth-order valence-electron chi connectivity index (χ4n) is 5.66. The number of H-pyrrole nitrogens is 1. The number of aliphatic hydroxyl groups excluding tert-OH is 1. The van der Waals surface area contributed by atoms with Crippen LogP contribution in [0.5, 0.6) is 5.75 Å². The molecular weight excluding hydrogens is 467 g/mol. The van der Waals surface area contributed by atoms with Crippen LogP contribution in [0.25, 0.3) is 6.08 Å². The van der Waals surface area contributed by atoms with Gasteiger partial charge in [-0.2, -0.15) is 0 Å². The molecule has 3 aliphatic rings. The number of carbonyl (C=O) groups excluding carboxylic acids is 2. The van der Waals surface area contributed by atoms with Crippen molar-refractivity contribution in [3.05, 3.63) is 58.4 Å². The Hall–Kier alpha value is -3.21. The molecule has 1 unspecified atom stereocenters. The lowest BCUT2D eigenvalue weighted by Gasteiger charge is -2.42. The molecule has 3 amide bonds. The van der Waals surface area contributed by atoms with Gasteiger partial charge in [0.2, 0.25) is 5.85 Å². The van der Waals surface area contributed by atoms with Crippen LogP contribution in [-0.4, -0.2) is 93.6 Å². The smallest absolute Gasteiger partial charge is 0.328 e. The van der Waals surface area contributed by atoms with Gasteiger partial charge >= 0.3 is 6.03 Å². The molecular formula is C26H31FN4O5. The number of hydrogen-bond acceptors (Lipinski definition) is 6. The zero-order valence-corrected chi connectivity index (χ0v) is 20.6. The summed E-state index contributed by atoms with van der Waals surface area (Å²) in [7, 11) is 3.13. The first kappa shape index (κ1) is 24.5. The molecule has 1 fully saturated rings. The average molecular weight is 499 g/mol. The van der Waals surface area contributed by atoms with Crippen molar-refractivity contribution in [2.45, 2.75) is 37.2 Å². The van der Waals surface area contributed by atoms with Gasteiger partial charge in [-0.05, 0) is 54.9 Å². The maximum Gasteiger partial charge on any atom is 0.328 e. The summed E-state index contributed by atoms with van der Waals surface area (Å²) in [5.41, 5.74) is 2.39. The molecule has 3 atom stereocenters. The number of aliphatic hydroxyl groups is 1. The second-order valence-corrected chi connectivity index (χ2v) is 9.99. The van der Waals surface area contributed by atoms with Crippen molar-refractivity contribution in [3.8, 4) is 5.75 Å². The van der Waals surface area contributed by atoms with Crippen LogP contribution in [-0.2, 0) is 22.4 Å². The first-order chi connectivity index (χ1) is 17.1. The van der Waals surface area contributed by atoms with E-state index < -0.39 is 23.5 Å². The van der Waals surface area contributed by atoms with Crippen LogP contribution in [0, 0.1) is 0 Å². The molecule has 0 radical (unpaired) electrons. The third-order valence-corrected chi connectivity index (χ3v) is 7.64. The highest BCUT2D eigenvalue weighted by molar-refractivity contribution is 6.07. The van der Waals surface area contributed by atoms with Gasteiger partial charge in [-0.15, -0.1) is 0 Å². The number of phenolic OH excluding ortho intramolecular Hbond substituents is 1. The van der Waals surface area contributed by atoms with Crippen LogP contribution in [0.3, 0.4) is 0 Å². The lowest BCUT2D eigenvalue weighted by atomic mass is 9.79. The topological polar surface area (TPSA) is 109 Å². The van der Waals surface area contributed by atoms with E-state index >= 15 is 4.39 Å². The lowest BCUT2D eigenvalue weighted by molar-refractivity contribution is -0.133. The number of nitrogens with zero attached hydrogens (tertiary/aromatic N) is 3. The van der Waals surface area contributed by atoms with Crippen LogP contribution in [0.4, 0.5) is 9.18 Å². The van der Waals surface area contributed by atoms with E-state index in [1.54, 1.807) is 42.2 Å². The Morgan fingerprint density at radius 2 is 2.03 bits per heavy atom. The van der Waals surface area contributed by atoms with Crippen molar-refractivity contribution in [2.75, 3.05) is 40.4 Å². The van der Waals surface area contributed by atoms with Gasteiger partial charge in [0, 0.05) is 51.0 Å². The van der Waals surface area contributed by atoms with Crippen molar-refractivity contribution in [3.63, 3.8) is 0 Å². The number of benzene rings is 1. The molecule has 36 heavy (non-hydrogen) atoms.